The molecule has 0 N–H and O–H groups in total. The predicted molar refractivity (Wildman–Crippen MR) is 104 cm³/mol. The average Bonchev–Trinajstić information content (AvgIpc) is 3.14. The molecule has 2 heterocycles. The number of sulfonamides is 1. The topological polar surface area (TPSA) is 57.7 Å². The SMILES string of the molecule is CC1CCCCN1S(=O)(=O)c1ccc(C(=O)N(C)Cc2cccs2)cc1. The van der Waals surface area contributed by atoms with Crippen LogP contribution in [-0.2, 0) is 16.6 Å². The van der Waals surface area contributed by atoms with E-state index in [9.17, 15) is 13.2 Å². The molecule has 3 rings (SSSR count). The second-order valence-electron chi connectivity index (χ2n) is 6.73. The van der Waals surface area contributed by atoms with Crippen molar-refractivity contribution in [3.8, 4) is 0 Å². The number of piperidine rings is 1. The monoisotopic (exact) mass is 392 g/mol. The molecule has 1 aliphatic heterocycles. The summed E-state index contributed by atoms with van der Waals surface area (Å²) in [6.45, 7) is 3.06. The third-order valence-corrected chi connectivity index (χ3v) is 7.66. The van der Waals surface area contributed by atoms with Crippen molar-refractivity contribution in [2.75, 3.05) is 13.6 Å². The van der Waals surface area contributed by atoms with Crippen LogP contribution in [-0.4, -0.2) is 43.2 Å². The van der Waals surface area contributed by atoms with Crippen molar-refractivity contribution in [3.05, 3.63) is 52.2 Å². The summed E-state index contributed by atoms with van der Waals surface area (Å²) in [5, 5.41) is 1.98. The molecule has 0 spiro atoms. The first-order valence-corrected chi connectivity index (χ1v) is 11.1. The number of hydrogen-bond donors (Lipinski definition) is 0. The van der Waals surface area contributed by atoms with Crippen molar-refractivity contribution in [2.24, 2.45) is 0 Å². The molecular weight excluding hydrogens is 368 g/mol. The molecule has 5 nitrogen and oxygen atoms in total. The molecule has 1 atom stereocenters. The average molecular weight is 393 g/mol. The van der Waals surface area contributed by atoms with Gasteiger partial charge in [-0.05, 0) is 55.5 Å². The minimum Gasteiger partial charge on any atom is -0.337 e. The molecule has 1 saturated heterocycles. The zero-order chi connectivity index (χ0) is 18.7. The van der Waals surface area contributed by atoms with Gasteiger partial charge >= 0.3 is 0 Å². The van der Waals surface area contributed by atoms with E-state index in [0.29, 0.717) is 18.7 Å². The molecule has 7 heteroatoms. The standard InChI is InChI=1S/C19H24N2O3S2/c1-15-6-3-4-12-21(15)26(23,24)18-10-8-16(9-11-18)19(22)20(2)14-17-7-5-13-25-17/h5,7-11,13,15H,3-4,6,12,14H2,1-2H3. The van der Waals surface area contributed by atoms with Crippen molar-refractivity contribution < 1.29 is 13.2 Å². The van der Waals surface area contributed by atoms with Gasteiger partial charge in [0.15, 0.2) is 0 Å². The van der Waals surface area contributed by atoms with Crippen LogP contribution in [0.2, 0.25) is 0 Å². The lowest BCUT2D eigenvalue weighted by molar-refractivity contribution is 0.0786. The summed E-state index contributed by atoms with van der Waals surface area (Å²) in [4.78, 5) is 15.6. The molecule has 1 aromatic carbocycles. The second-order valence-corrected chi connectivity index (χ2v) is 9.65. The van der Waals surface area contributed by atoms with Gasteiger partial charge in [-0.2, -0.15) is 4.31 Å². The van der Waals surface area contributed by atoms with E-state index in [1.807, 2.05) is 24.4 Å². The van der Waals surface area contributed by atoms with E-state index in [4.69, 9.17) is 0 Å². The van der Waals surface area contributed by atoms with Crippen molar-refractivity contribution in [2.45, 2.75) is 43.7 Å². The Labute approximate surface area is 159 Å². The summed E-state index contributed by atoms with van der Waals surface area (Å²) in [6, 6.07) is 10.3. The van der Waals surface area contributed by atoms with E-state index in [1.54, 1.807) is 51.9 Å². The van der Waals surface area contributed by atoms with Crippen LogP contribution in [0.25, 0.3) is 0 Å². The maximum Gasteiger partial charge on any atom is 0.253 e. The number of rotatable bonds is 5. The van der Waals surface area contributed by atoms with Crippen LogP contribution in [0.5, 0.6) is 0 Å². The Morgan fingerprint density at radius 1 is 1.23 bits per heavy atom. The predicted octanol–water partition coefficient (Wildman–Crippen LogP) is 3.58. The Kier molecular flexibility index (Phi) is 5.79. The summed E-state index contributed by atoms with van der Waals surface area (Å²) in [6.07, 6.45) is 2.86. The maximum absolute atomic E-state index is 12.9. The van der Waals surface area contributed by atoms with Crippen LogP contribution in [0.3, 0.4) is 0 Å². The fraction of sp³-hybridized carbons (Fsp3) is 0.421. The van der Waals surface area contributed by atoms with Gasteiger partial charge in [-0.3, -0.25) is 4.79 Å². The number of amides is 1. The molecule has 0 saturated carbocycles. The molecule has 0 radical (unpaired) electrons. The van der Waals surface area contributed by atoms with Gasteiger partial charge in [0, 0.05) is 30.1 Å². The molecular formula is C19H24N2O3S2. The lowest BCUT2D eigenvalue weighted by Crippen LogP contribution is -2.41. The minimum atomic E-state index is -3.50. The zero-order valence-electron chi connectivity index (χ0n) is 15.1. The highest BCUT2D eigenvalue weighted by Gasteiger charge is 2.31. The highest BCUT2D eigenvalue weighted by Crippen LogP contribution is 2.25. The number of carbonyl (C=O) groups is 1. The van der Waals surface area contributed by atoms with Gasteiger partial charge in [-0.1, -0.05) is 12.5 Å². The van der Waals surface area contributed by atoms with Gasteiger partial charge in [-0.15, -0.1) is 11.3 Å². The quantitative estimate of drug-likeness (QED) is 0.781. The Hall–Kier alpha value is -1.70. The summed E-state index contributed by atoms with van der Waals surface area (Å²) < 4.78 is 27.3. The zero-order valence-corrected chi connectivity index (χ0v) is 16.7. The van der Waals surface area contributed by atoms with Gasteiger partial charge in [-0.25, -0.2) is 8.42 Å². The van der Waals surface area contributed by atoms with Crippen molar-refractivity contribution in [1.82, 2.24) is 9.21 Å². The number of nitrogens with zero attached hydrogens (tertiary/aromatic N) is 2. The van der Waals surface area contributed by atoms with E-state index in [2.05, 4.69) is 0 Å². The molecule has 0 aliphatic carbocycles. The normalized spacial score (nSPS) is 18.6. The summed E-state index contributed by atoms with van der Waals surface area (Å²) in [5.74, 6) is -0.117. The van der Waals surface area contributed by atoms with Gasteiger partial charge in [0.2, 0.25) is 10.0 Å². The van der Waals surface area contributed by atoms with E-state index >= 15 is 0 Å². The first-order chi connectivity index (χ1) is 12.4. The molecule has 1 unspecified atom stereocenters. The van der Waals surface area contributed by atoms with Gasteiger partial charge in [0.25, 0.3) is 5.91 Å². The van der Waals surface area contributed by atoms with Crippen molar-refractivity contribution in [3.63, 3.8) is 0 Å². The first kappa shape index (κ1) is 19.1. The van der Waals surface area contributed by atoms with Crippen molar-refractivity contribution in [1.29, 1.82) is 0 Å². The maximum atomic E-state index is 12.9. The van der Waals surface area contributed by atoms with Crippen molar-refractivity contribution >= 4 is 27.3 Å². The number of thiophene rings is 1. The fourth-order valence-corrected chi connectivity index (χ4v) is 5.72. The minimum absolute atomic E-state index is 0.0204. The summed E-state index contributed by atoms with van der Waals surface area (Å²) in [5.41, 5.74) is 0.495. The van der Waals surface area contributed by atoms with Crippen LogP contribution < -0.4 is 0 Å². The third-order valence-electron chi connectivity index (χ3n) is 4.77. The molecule has 1 aliphatic rings. The highest BCUT2D eigenvalue weighted by molar-refractivity contribution is 7.89. The molecule has 1 fully saturated rings. The molecule has 140 valence electrons. The lowest BCUT2D eigenvalue weighted by Gasteiger charge is -2.32. The molecule has 1 aromatic heterocycles. The van der Waals surface area contributed by atoms with Crippen LogP contribution in [0.4, 0.5) is 0 Å². The smallest absolute Gasteiger partial charge is 0.253 e. The van der Waals surface area contributed by atoms with E-state index in [0.717, 1.165) is 24.1 Å². The summed E-state index contributed by atoms with van der Waals surface area (Å²) >= 11 is 1.61. The number of carbonyl (C=O) groups excluding carboxylic acids is 1. The fourth-order valence-electron chi connectivity index (χ4n) is 3.26. The second kappa shape index (κ2) is 7.90. The van der Waals surface area contributed by atoms with Crippen LogP contribution >= 0.6 is 11.3 Å². The van der Waals surface area contributed by atoms with Crippen LogP contribution in [0.1, 0.15) is 41.4 Å². The van der Waals surface area contributed by atoms with Gasteiger partial charge < -0.3 is 4.90 Å². The molecule has 1 amide bonds. The van der Waals surface area contributed by atoms with E-state index in [1.165, 1.54) is 0 Å². The third kappa shape index (κ3) is 4.00. The van der Waals surface area contributed by atoms with Crippen LogP contribution in [0, 0.1) is 0 Å². The van der Waals surface area contributed by atoms with Gasteiger partial charge in [0.1, 0.15) is 0 Å². The largest absolute Gasteiger partial charge is 0.337 e. The Morgan fingerprint density at radius 3 is 2.58 bits per heavy atom. The lowest BCUT2D eigenvalue weighted by atomic mass is 10.1. The number of benzene rings is 1. The van der Waals surface area contributed by atoms with E-state index in [-0.39, 0.29) is 16.8 Å². The number of hydrogen-bond acceptors (Lipinski definition) is 4. The molecule has 0 bridgehead atoms. The Balaban J connectivity index is 1.74. The Bertz CT molecular complexity index is 845. The highest BCUT2D eigenvalue weighted by atomic mass is 32.2. The molecule has 26 heavy (non-hydrogen) atoms. The van der Waals surface area contributed by atoms with E-state index < -0.39 is 10.0 Å². The Morgan fingerprint density at radius 2 is 1.96 bits per heavy atom. The summed E-state index contributed by atoms with van der Waals surface area (Å²) in [7, 11) is -1.75. The van der Waals surface area contributed by atoms with Crippen LogP contribution in [0.15, 0.2) is 46.7 Å². The van der Waals surface area contributed by atoms with Gasteiger partial charge in [0.05, 0.1) is 11.4 Å². The molecule has 2 aromatic rings. The first-order valence-electron chi connectivity index (χ1n) is 8.79.